The zero-order chi connectivity index (χ0) is 22.2. The van der Waals surface area contributed by atoms with E-state index < -0.39 is 11.9 Å². The van der Waals surface area contributed by atoms with Crippen LogP contribution >= 0.6 is 43.2 Å². The highest BCUT2D eigenvalue weighted by atomic mass is 33.1. The molecule has 9 heteroatoms. The first-order valence-corrected chi connectivity index (χ1v) is 14.1. The smallest absolute Gasteiger partial charge is 0.414 e. The molecule has 2 N–H and O–H groups in total. The second kappa shape index (κ2) is 16.4. The van der Waals surface area contributed by atoms with Crippen molar-refractivity contribution in [1.29, 1.82) is 0 Å². The molecule has 0 atom stereocenters. The molecule has 5 nitrogen and oxygen atoms in total. The van der Waals surface area contributed by atoms with Gasteiger partial charge in [-0.3, -0.25) is 0 Å². The number of aliphatic carboxylic acids is 2. The molecule has 0 aromatic heterocycles. The van der Waals surface area contributed by atoms with Crippen molar-refractivity contribution in [2.45, 2.75) is 17.5 Å². The molecule has 0 amide bonds. The molecule has 2 aromatic rings. The van der Waals surface area contributed by atoms with Crippen LogP contribution < -0.4 is 0 Å². The van der Waals surface area contributed by atoms with Crippen molar-refractivity contribution in [2.24, 2.45) is 0 Å². The van der Waals surface area contributed by atoms with Crippen molar-refractivity contribution < 1.29 is 19.8 Å². The molecular formula is C21H27NO4S4. The monoisotopic (exact) mass is 485 g/mol. The molecule has 2 aromatic carbocycles. The van der Waals surface area contributed by atoms with E-state index in [-0.39, 0.29) is 0 Å². The normalized spacial score (nSPS) is 10.5. The highest BCUT2D eigenvalue weighted by molar-refractivity contribution is 8.76. The van der Waals surface area contributed by atoms with E-state index in [0.717, 1.165) is 11.5 Å². The molecule has 0 fully saturated rings. The summed E-state index contributed by atoms with van der Waals surface area (Å²) in [6.45, 7) is 0. The van der Waals surface area contributed by atoms with Crippen LogP contribution in [0.25, 0.3) is 0 Å². The minimum absolute atomic E-state index is 0.617. The average Bonchev–Trinajstić information content (AvgIpc) is 2.74. The number of benzene rings is 2. The van der Waals surface area contributed by atoms with Gasteiger partial charge in [0.1, 0.15) is 0 Å². The van der Waals surface area contributed by atoms with E-state index in [4.69, 9.17) is 19.8 Å². The molecule has 164 valence electrons. The maximum absolute atomic E-state index is 9.10. The lowest BCUT2D eigenvalue weighted by Crippen LogP contribution is -2.32. The predicted octanol–water partition coefficient (Wildman–Crippen LogP) is 5.24. The summed E-state index contributed by atoms with van der Waals surface area (Å²) >= 11 is 0. The van der Waals surface area contributed by atoms with Crippen LogP contribution in [0.2, 0.25) is 0 Å². The zero-order valence-corrected chi connectivity index (χ0v) is 20.2. The molecule has 0 heterocycles. The van der Waals surface area contributed by atoms with Gasteiger partial charge in [0.15, 0.2) is 0 Å². The second-order valence-electron chi connectivity index (χ2n) is 6.29. The van der Waals surface area contributed by atoms with E-state index in [1.807, 2.05) is 43.2 Å². The predicted molar refractivity (Wildman–Crippen MR) is 133 cm³/mol. The highest BCUT2D eigenvalue weighted by Gasteiger charge is 2.12. The molecule has 0 saturated heterocycles. The van der Waals surface area contributed by atoms with Crippen molar-refractivity contribution >= 4 is 55.1 Å². The van der Waals surface area contributed by atoms with Gasteiger partial charge in [0.05, 0.1) is 0 Å². The first-order valence-electron chi connectivity index (χ1n) is 9.09. The maximum atomic E-state index is 9.10. The van der Waals surface area contributed by atoms with Crippen molar-refractivity contribution in [3.05, 3.63) is 71.8 Å². The van der Waals surface area contributed by atoms with Crippen molar-refractivity contribution in [3.8, 4) is 0 Å². The number of carboxylic acid groups (broad SMARTS) is 2. The van der Waals surface area contributed by atoms with Gasteiger partial charge in [-0.2, -0.15) is 0 Å². The Kier molecular flexibility index (Phi) is 14.7. The third-order valence-corrected chi connectivity index (χ3v) is 8.54. The Bertz CT molecular complexity index is 673. The van der Waals surface area contributed by atoms with Crippen LogP contribution in [0, 0.1) is 0 Å². The van der Waals surface area contributed by atoms with Crippen molar-refractivity contribution in [2.75, 3.05) is 25.6 Å². The maximum Gasteiger partial charge on any atom is 0.414 e. The summed E-state index contributed by atoms with van der Waals surface area (Å²) in [5.74, 6) is 0.862. The molecule has 0 aliphatic rings. The van der Waals surface area contributed by atoms with Crippen LogP contribution in [0.15, 0.2) is 60.7 Å². The van der Waals surface area contributed by atoms with E-state index in [9.17, 15) is 0 Å². The number of hydrogen-bond acceptors (Lipinski definition) is 7. The van der Waals surface area contributed by atoms with Crippen LogP contribution in [0.4, 0.5) is 0 Å². The summed E-state index contributed by atoms with van der Waals surface area (Å²) in [7, 11) is 12.3. The molecule has 0 radical (unpaired) electrons. The van der Waals surface area contributed by atoms with Crippen molar-refractivity contribution in [3.63, 3.8) is 0 Å². The topological polar surface area (TPSA) is 77.8 Å². The number of nitrogens with zero attached hydrogens (tertiary/aromatic N) is 1. The number of hydrogen-bond donors (Lipinski definition) is 2. The third kappa shape index (κ3) is 13.1. The van der Waals surface area contributed by atoms with Gasteiger partial charge in [0.25, 0.3) is 0 Å². The molecule has 0 spiro atoms. The Hall–Kier alpha value is -1.26. The van der Waals surface area contributed by atoms with E-state index in [1.54, 1.807) is 0 Å². The summed E-state index contributed by atoms with van der Waals surface area (Å²) in [6, 6.07) is 22.0. The Morgan fingerprint density at radius 1 is 0.733 bits per heavy atom. The Morgan fingerprint density at radius 2 is 1.10 bits per heavy atom. The molecule has 0 bridgehead atoms. The molecule has 30 heavy (non-hydrogen) atoms. The van der Waals surface area contributed by atoms with Crippen LogP contribution in [0.5, 0.6) is 0 Å². The van der Waals surface area contributed by atoms with Gasteiger partial charge in [-0.25, -0.2) is 9.59 Å². The summed E-state index contributed by atoms with van der Waals surface area (Å²) < 4.78 is 0. The zero-order valence-electron chi connectivity index (χ0n) is 17.0. The molecule has 0 saturated carbocycles. The van der Waals surface area contributed by atoms with Gasteiger partial charge in [-0.05, 0) is 25.2 Å². The fraction of sp³-hybridized carbons (Fsp3) is 0.333. The van der Waals surface area contributed by atoms with E-state index in [0.29, 0.717) is 6.04 Å². The molecule has 2 rings (SSSR count). The highest BCUT2D eigenvalue weighted by Crippen LogP contribution is 2.31. The average molecular weight is 486 g/mol. The van der Waals surface area contributed by atoms with Crippen LogP contribution in [-0.2, 0) is 21.1 Å². The van der Waals surface area contributed by atoms with Gasteiger partial charge in [0, 0.05) is 29.1 Å². The molecule has 0 unspecified atom stereocenters. The fourth-order valence-electron chi connectivity index (χ4n) is 1.97. The fourth-order valence-corrected chi connectivity index (χ4v) is 7.12. The quantitative estimate of drug-likeness (QED) is 0.252. The van der Waals surface area contributed by atoms with Crippen molar-refractivity contribution in [1.82, 2.24) is 4.90 Å². The Labute approximate surface area is 194 Å². The summed E-state index contributed by atoms with van der Waals surface area (Å²) in [4.78, 5) is 20.6. The Morgan fingerprint density at radius 3 is 1.40 bits per heavy atom. The van der Waals surface area contributed by atoms with Crippen LogP contribution in [-0.4, -0.2) is 58.7 Å². The standard InChI is InChI=1S/C19H25NS4.C2H2O4/c1-20(2)19(15-23-21-13-17-9-5-3-6-10-17)16-24-22-14-18-11-7-4-8-12-18;3-1(4)2(5)6/h3-12,19H,13-16H2,1-2H3;(H,3,4)(H,5,6). The van der Waals surface area contributed by atoms with Crippen LogP contribution in [0.3, 0.4) is 0 Å². The van der Waals surface area contributed by atoms with E-state index >= 15 is 0 Å². The third-order valence-electron chi connectivity index (χ3n) is 3.74. The largest absolute Gasteiger partial charge is 0.473 e. The van der Waals surface area contributed by atoms with Gasteiger partial charge in [-0.15, -0.1) is 0 Å². The van der Waals surface area contributed by atoms with Gasteiger partial charge >= 0.3 is 11.9 Å². The summed E-state index contributed by atoms with van der Waals surface area (Å²) in [5.41, 5.74) is 2.81. The first kappa shape index (κ1) is 26.8. The minimum atomic E-state index is -1.82. The summed E-state index contributed by atoms with van der Waals surface area (Å²) in [6.07, 6.45) is 0. The van der Waals surface area contributed by atoms with Crippen LogP contribution in [0.1, 0.15) is 11.1 Å². The lowest BCUT2D eigenvalue weighted by molar-refractivity contribution is -0.159. The summed E-state index contributed by atoms with van der Waals surface area (Å²) in [5, 5.41) is 14.8. The lowest BCUT2D eigenvalue weighted by Gasteiger charge is -2.23. The number of carboxylic acids is 2. The lowest BCUT2D eigenvalue weighted by atomic mass is 10.2. The van der Waals surface area contributed by atoms with E-state index in [1.165, 1.54) is 22.6 Å². The molecular weight excluding hydrogens is 459 g/mol. The van der Waals surface area contributed by atoms with Gasteiger partial charge < -0.3 is 15.1 Å². The Balaban J connectivity index is 0.000000656. The SMILES string of the molecule is CN(C)C(CSSCc1ccccc1)CSSCc1ccccc1.O=C(O)C(=O)O. The second-order valence-corrected chi connectivity index (χ2v) is 11.3. The minimum Gasteiger partial charge on any atom is -0.473 e. The number of rotatable bonds is 11. The van der Waals surface area contributed by atoms with Gasteiger partial charge in [0.2, 0.25) is 0 Å². The number of carbonyl (C=O) groups is 2. The molecule has 0 aliphatic carbocycles. The van der Waals surface area contributed by atoms with Gasteiger partial charge in [-0.1, -0.05) is 104 Å². The van der Waals surface area contributed by atoms with E-state index in [2.05, 4.69) is 79.7 Å². The first-order chi connectivity index (χ1) is 14.4. The molecule has 0 aliphatic heterocycles.